The summed E-state index contributed by atoms with van der Waals surface area (Å²) in [5, 5.41) is 0.679. The summed E-state index contributed by atoms with van der Waals surface area (Å²) in [6.07, 6.45) is 5.13. The molecule has 0 aliphatic carbocycles. The number of rotatable bonds is 10. The third kappa shape index (κ3) is 3.81. The zero-order valence-electron chi connectivity index (χ0n) is 18.4. The maximum absolute atomic E-state index is 13.1. The van der Waals surface area contributed by atoms with Crippen molar-refractivity contribution >= 4 is 34.5 Å². The number of cyclic esters (lactones) is 2. The van der Waals surface area contributed by atoms with Gasteiger partial charge in [-0.25, -0.2) is 9.59 Å². The van der Waals surface area contributed by atoms with Crippen molar-refractivity contribution in [3.8, 4) is 0 Å². The van der Waals surface area contributed by atoms with Crippen LogP contribution in [0.2, 0.25) is 0 Å². The van der Waals surface area contributed by atoms with Gasteiger partial charge in [-0.2, -0.15) is 0 Å². The van der Waals surface area contributed by atoms with E-state index in [9.17, 15) is 19.2 Å². The van der Waals surface area contributed by atoms with Gasteiger partial charge in [0.05, 0.1) is 11.1 Å². The van der Waals surface area contributed by atoms with Crippen LogP contribution in [0.15, 0.2) is 24.3 Å². The summed E-state index contributed by atoms with van der Waals surface area (Å²) >= 11 is 0. The van der Waals surface area contributed by atoms with Gasteiger partial charge < -0.3 is 9.47 Å². The molecule has 0 aromatic heterocycles. The number of hydrogen-bond donors (Lipinski definition) is 0. The summed E-state index contributed by atoms with van der Waals surface area (Å²) in [6, 6.07) is 6.02. The van der Waals surface area contributed by atoms with Gasteiger partial charge in [0, 0.05) is 41.7 Å². The summed E-state index contributed by atoms with van der Waals surface area (Å²) in [6.45, 7) is 5.75. The topological polar surface area (TPSA) is 90.0 Å². The number of imide groups is 1. The first-order valence-corrected chi connectivity index (χ1v) is 11.3. The summed E-state index contributed by atoms with van der Waals surface area (Å²) in [7, 11) is 0. The van der Waals surface area contributed by atoms with Crippen LogP contribution in [0.1, 0.15) is 87.4 Å². The lowest BCUT2D eigenvalue weighted by Crippen LogP contribution is -2.41. The molecule has 7 heteroatoms. The molecule has 1 unspecified atom stereocenters. The Hall–Kier alpha value is -3.06. The van der Waals surface area contributed by atoms with Crippen LogP contribution in [0.4, 0.5) is 0 Å². The predicted molar refractivity (Wildman–Crippen MR) is 118 cm³/mol. The fourth-order valence-corrected chi connectivity index (χ4v) is 4.45. The Kier molecular flexibility index (Phi) is 6.37. The molecular formula is C25H27NO6. The van der Waals surface area contributed by atoms with Gasteiger partial charge in [-0.3, -0.25) is 14.5 Å². The number of ether oxygens (including phenoxy) is 2. The van der Waals surface area contributed by atoms with Gasteiger partial charge in [0.2, 0.25) is 0 Å². The number of nitrogens with zero attached hydrogens (tertiary/aromatic N) is 1. The molecule has 7 nitrogen and oxygen atoms in total. The molecule has 2 heterocycles. The molecule has 2 aromatic carbocycles. The van der Waals surface area contributed by atoms with E-state index >= 15 is 0 Å². The van der Waals surface area contributed by atoms with Gasteiger partial charge in [0.15, 0.2) is 0 Å². The first-order valence-electron chi connectivity index (χ1n) is 11.3. The quantitative estimate of drug-likeness (QED) is 0.237. The molecular weight excluding hydrogens is 410 g/mol. The van der Waals surface area contributed by atoms with E-state index in [-0.39, 0.29) is 17.7 Å². The molecule has 0 fully saturated rings. The maximum atomic E-state index is 13.1. The Morgan fingerprint density at radius 2 is 1.41 bits per heavy atom. The molecule has 2 aliphatic heterocycles. The van der Waals surface area contributed by atoms with Crippen LogP contribution in [-0.2, 0) is 9.47 Å². The van der Waals surface area contributed by atoms with Crippen molar-refractivity contribution in [2.45, 2.75) is 46.0 Å². The molecule has 0 saturated carbocycles. The zero-order chi connectivity index (χ0) is 22.8. The second kappa shape index (κ2) is 9.20. The van der Waals surface area contributed by atoms with Gasteiger partial charge in [-0.1, -0.05) is 33.1 Å². The standard InChI is InChI=1S/C25H27NO6/c1-3-5-7-15(4-2)14-31-13-6-12-26-22(27)16-8-10-18-21-19(25(30)32-24(18)29)11-9-17(20(16)21)23(26)28/h8-11,15H,3-7,12-14H2,1-2H3. The maximum Gasteiger partial charge on any atom is 0.346 e. The van der Waals surface area contributed by atoms with E-state index in [1.807, 2.05) is 0 Å². The Morgan fingerprint density at radius 3 is 1.97 bits per heavy atom. The smallest absolute Gasteiger partial charge is 0.346 e. The van der Waals surface area contributed by atoms with Gasteiger partial charge >= 0.3 is 11.9 Å². The van der Waals surface area contributed by atoms with E-state index in [1.54, 1.807) is 0 Å². The van der Waals surface area contributed by atoms with E-state index in [1.165, 1.54) is 42.0 Å². The van der Waals surface area contributed by atoms with Gasteiger partial charge in [-0.15, -0.1) is 0 Å². The highest BCUT2D eigenvalue weighted by atomic mass is 16.6. The average molecular weight is 437 g/mol. The van der Waals surface area contributed by atoms with E-state index in [2.05, 4.69) is 13.8 Å². The fourth-order valence-electron chi connectivity index (χ4n) is 4.45. The summed E-state index contributed by atoms with van der Waals surface area (Å²) < 4.78 is 10.6. The van der Waals surface area contributed by atoms with Crippen LogP contribution in [0.25, 0.3) is 10.8 Å². The van der Waals surface area contributed by atoms with Crippen molar-refractivity contribution in [2.75, 3.05) is 19.8 Å². The van der Waals surface area contributed by atoms with Crippen molar-refractivity contribution < 1.29 is 28.7 Å². The highest BCUT2D eigenvalue weighted by Gasteiger charge is 2.37. The van der Waals surface area contributed by atoms with Crippen LogP contribution in [0.5, 0.6) is 0 Å². The first kappa shape index (κ1) is 22.1. The van der Waals surface area contributed by atoms with Gasteiger partial charge in [0.1, 0.15) is 0 Å². The summed E-state index contributed by atoms with van der Waals surface area (Å²) in [4.78, 5) is 51.7. The SMILES string of the molecule is CCCCC(CC)COCCCN1C(=O)c2ccc3c4c(ccc(c24)C1=O)C(=O)OC3=O. The van der Waals surface area contributed by atoms with Crippen LogP contribution in [-0.4, -0.2) is 48.4 Å². The van der Waals surface area contributed by atoms with Crippen molar-refractivity contribution in [3.63, 3.8) is 0 Å². The summed E-state index contributed by atoms with van der Waals surface area (Å²) in [5.41, 5.74) is 1.01. The Labute approximate surface area is 186 Å². The molecule has 2 amide bonds. The van der Waals surface area contributed by atoms with E-state index in [0.29, 0.717) is 47.5 Å². The van der Waals surface area contributed by atoms with E-state index < -0.39 is 23.8 Å². The highest BCUT2D eigenvalue weighted by molar-refractivity contribution is 6.31. The minimum Gasteiger partial charge on any atom is -0.386 e. The third-order valence-electron chi connectivity index (χ3n) is 6.30. The van der Waals surface area contributed by atoms with E-state index in [4.69, 9.17) is 9.47 Å². The number of esters is 2. The van der Waals surface area contributed by atoms with E-state index in [0.717, 1.165) is 12.8 Å². The second-order valence-electron chi connectivity index (χ2n) is 8.36. The van der Waals surface area contributed by atoms with Gasteiger partial charge in [-0.05, 0) is 43.0 Å². The lowest BCUT2D eigenvalue weighted by molar-refractivity contribution is 0.0388. The molecule has 2 aromatic rings. The lowest BCUT2D eigenvalue weighted by Gasteiger charge is -2.29. The lowest BCUT2D eigenvalue weighted by atomic mass is 9.87. The minimum atomic E-state index is -0.769. The van der Waals surface area contributed by atoms with Crippen LogP contribution >= 0.6 is 0 Å². The normalized spacial score (nSPS) is 16.0. The summed E-state index contributed by atoms with van der Waals surface area (Å²) in [5.74, 6) is -1.85. The van der Waals surface area contributed by atoms with Crippen LogP contribution in [0.3, 0.4) is 0 Å². The number of hydrogen-bond acceptors (Lipinski definition) is 6. The predicted octanol–water partition coefficient (Wildman–Crippen LogP) is 4.37. The third-order valence-corrected chi connectivity index (χ3v) is 6.30. The number of amides is 2. The number of carbonyl (C=O) groups excluding carboxylic acids is 4. The molecule has 0 spiro atoms. The molecule has 2 aliphatic rings. The molecule has 168 valence electrons. The molecule has 0 radical (unpaired) electrons. The van der Waals surface area contributed by atoms with Crippen molar-refractivity contribution in [3.05, 3.63) is 46.5 Å². The second-order valence-corrected chi connectivity index (χ2v) is 8.36. The molecule has 0 saturated heterocycles. The molecule has 4 rings (SSSR count). The Morgan fingerprint density at radius 1 is 0.844 bits per heavy atom. The average Bonchev–Trinajstić information content (AvgIpc) is 2.79. The number of unbranched alkanes of at least 4 members (excludes halogenated alkanes) is 1. The van der Waals surface area contributed by atoms with Crippen molar-refractivity contribution in [2.24, 2.45) is 5.92 Å². The van der Waals surface area contributed by atoms with Gasteiger partial charge in [0.25, 0.3) is 11.8 Å². The molecule has 0 bridgehead atoms. The highest BCUT2D eigenvalue weighted by Crippen LogP contribution is 2.37. The van der Waals surface area contributed by atoms with Crippen LogP contribution in [0, 0.1) is 5.92 Å². The molecule has 0 N–H and O–H groups in total. The number of carbonyl (C=O) groups is 4. The van der Waals surface area contributed by atoms with Crippen molar-refractivity contribution in [1.82, 2.24) is 4.90 Å². The Bertz CT molecular complexity index is 1040. The fraction of sp³-hybridized carbons (Fsp3) is 0.440. The van der Waals surface area contributed by atoms with Crippen LogP contribution < -0.4 is 0 Å². The van der Waals surface area contributed by atoms with Crippen molar-refractivity contribution in [1.29, 1.82) is 0 Å². The first-order chi connectivity index (χ1) is 15.5. The molecule has 32 heavy (non-hydrogen) atoms. The molecule has 1 atom stereocenters. The minimum absolute atomic E-state index is 0.191. The monoisotopic (exact) mass is 437 g/mol. The largest absolute Gasteiger partial charge is 0.386 e. The Balaban J connectivity index is 1.49. The number of benzene rings is 2. The zero-order valence-corrected chi connectivity index (χ0v) is 18.4.